The number of urea groups is 1. The van der Waals surface area contributed by atoms with Gasteiger partial charge in [-0.15, -0.1) is 0 Å². The number of hydrogen-bond acceptors (Lipinski definition) is 2. The molecule has 1 aliphatic rings. The van der Waals surface area contributed by atoms with Crippen LogP contribution in [0.4, 0.5) is 16.2 Å². The number of amides is 3. The van der Waals surface area contributed by atoms with Gasteiger partial charge in [-0.05, 0) is 38.8 Å². The molecule has 2 rings (SSSR count). The van der Waals surface area contributed by atoms with Gasteiger partial charge in [0.15, 0.2) is 0 Å². The Hall–Kier alpha value is -2.04. The second-order valence-electron chi connectivity index (χ2n) is 5.39. The summed E-state index contributed by atoms with van der Waals surface area (Å²) in [6.45, 7) is 5.36. The molecule has 1 aliphatic carbocycles. The number of hydrogen-bond donors (Lipinski definition) is 2. The van der Waals surface area contributed by atoms with Crippen molar-refractivity contribution < 1.29 is 9.59 Å². The predicted octanol–water partition coefficient (Wildman–Crippen LogP) is 2.73. The number of carbonyl (C=O) groups is 2. The van der Waals surface area contributed by atoms with Crippen LogP contribution in [0.1, 0.15) is 33.6 Å². The summed E-state index contributed by atoms with van der Waals surface area (Å²) in [6, 6.07) is 7.47. The molecule has 0 radical (unpaired) electrons. The number of anilines is 2. The average Bonchev–Trinajstić information content (AvgIpc) is 3.14. The lowest BCUT2D eigenvalue weighted by Gasteiger charge is -2.24. The Bertz CT molecular complexity index is 510. The number of nitrogens with one attached hydrogen (secondary N) is 2. The molecule has 0 bridgehead atoms. The molecule has 1 aromatic rings. The normalized spacial score (nSPS) is 14.0. The molecule has 5 nitrogen and oxygen atoms in total. The van der Waals surface area contributed by atoms with Crippen molar-refractivity contribution in [3.05, 3.63) is 24.3 Å². The molecule has 108 valence electrons. The first kappa shape index (κ1) is 14.4. The molecule has 1 saturated carbocycles. The van der Waals surface area contributed by atoms with E-state index in [1.165, 1.54) is 0 Å². The van der Waals surface area contributed by atoms with Crippen LogP contribution in [0.5, 0.6) is 0 Å². The highest BCUT2D eigenvalue weighted by atomic mass is 16.2. The third-order valence-electron chi connectivity index (χ3n) is 3.08. The van der Waals surface area contributed by atoms with Gasteiger partial charge in [-0.1, -0.05) is 12.1 Å². The number of benzene rings is 1. The Morgan fingerprint density at radius 1 is 1.25 bits per heavy atom. The summed E-state index contributed by atoms with van der Waals surface area (Å²) in [5, 5.41) is 5.59. The van der Waals surface area contributed by atoms with Crippen molar-refractivity contribution in [3.63, 3.8) is 0 Å². The smallest absolute Gasteiger partial charge is 0.319 e. The van der Waals surface area contributed by atoms with E-state index < -0.39 is 0 Å². The van der Waals surface area contributed by atoms with Crippen LogP contribution >= 0.6 is 0 Å². The molecular weight excluding hydrogens is 254 g/mol. The van der Waals surface area contributed by atoms with E-state index in [4.69, 9.17) is 0 Å². The maximum absolute atomic E-state index is 11.8. The van der Waals surface area contributed by atoms with Crippen molar-refractivity contribution in [3.8, 4) is 0 Å². The van der Waals surface area contributed by atoms with Gasteiger partial charge in [0.05, 0.1) is 11.4 Å². The Morgan fingerprint density at radius 3 is 2.45 bits per heavy atom. The van der Waals surface area contributed by atoms with Crippen LogP contribution in [0.2, 0.25) is 0 Å². The lowest BCUT2D eigenvalue weighted by molar-refractivity contribution is -0.116. The third-order valence-corrected chi connectivity index (χ3v) is 3.08. The van der Waals surface area contributed by atoms with E-state index in [-0.39, 0.29) is 24.0 Å². The minimum absolute atomic E-state index is 0.00557. The van der Waals surface area contributed by atoms with Gasteiger partial charge in [-0.2, -0.15) is 0 Å². The van der Waals surface area contributed by atoms with E-state index in [0.717, 1.165) is 18.5 Å². The second kappa shape index (κ2) is 5.94. The SMILES string of the molecule is CC(=O)N(c1ccccc1NC(=O)NC(C)C)C1CC1. The highest BCUT2D eigenvalue weighted by molar-refractivity contribution is 6.00. The first-order chi connectivity index (χ1) is 9.49. The predicted molar refractivity (Wildman–Crippen MR) is 79.9 cm³/mol. The lowest BCUT2D eigenvalue weighted by atomic mass is 10.2. The molecule has 0 aliphatic heterocycles. The fourth-order valence-corrected chi connectivity index (χ4v) is 2.17. The van der Waals surface area contributed by atoms with Crippen LogP contribution in [0.3, 0.4) is 0 Å². The van der Waals surface area contributed by atoms with Crippen LogP contribution in [-0.2, 0) is 4.79 Å². The van der Waals surface area contributed by atoms with Crippen LogP contribution < -0.4 is 15.5 Å². The molecule has 2 N–H and O–H groups in total. The quantitative estimate of drug-likeness (QED) is 0.887. The summed E-state index contributed by atoms with van der Waals surface area (Å²) < 4.78 is 0. The molecule has 0 saturated heterocycles. The molecule has 20 heavy (non-hydrogen) atoms. The first-order valence-electron chi connectivity index (χ1n) is 6.95. The number of carbonyl (C=O) groups excluding carboxylic acids is 2. The van der Waals surface area contributed by atoms with Crippen LogP contribution in [0.25, 0.3) is 0 Å². The van der Waals surface area contributed by atoms with Gasteiger partial charge in [0.25, 0.3) is 0 Å². The van der Waals surface area contributed by atoms with Gasteiger partial charge in [-0.25, -0.2) is 4.79 Å². The summed E-state index contributed by atoms with van der Waals surface area (Å²) in [6.07, 6.45) is 2.04. The van der Waals surface area contributed by atoms with Gasteiger partial charge in [0.1, 0.15) is 0 Å². The average molecular weight is 275 g/mol. The standard InChI is InChI=1S/C15H21N3O2/c1-10(2)16-15(20)17-13-6-4-5-7-14(13)18(11(3)19)12-8-9-12/h4-7,10,12H,8-9H2,1-3H3,(H2,16,17,20). The van der Waals surface area contributed by atoms with E-state index in [0.29, 0.717) is 5.69 Å². The molecule has 1 fully saturated rings. The maximum atomic E-state index is 11.8. The Balaban J connectivity index is 2.21. The Morgan fingerprint density at radius 2 is 1.90 bits per heavy atom. The first-order valence-corrected chi connectivity index (χ1v) is 6.95. The molecule has 0 spiro atoms. The van der Waals surface area contributed by atoms with Crippen molar-refractivity contribution >= 4 is 23.3 Å². The van der Waals surface area contributed by atoms with E-state index >= 15 is 0 Å². The number of rotatable bonds is 4. The zero-order chi connectivity index (χ0) is 14.7. The van der Waals surface area contributed by atoms with Crippen molar-refractivity contribution in [1.29, 1.82) is 0 Å². The van der Waals surface area contributed by atoms with Crippen molar-refractivity contribution in [2.45, 2.75) is 45.7 Å². The molecule has 1 aromatic carbocycles. The van der Waals surface area contributed by atoms with Crippen molar-refractivity contribution in [2.24, 2.45) is 0 Å². The fourth-order valence-electron chi connectivity index (χ4n) is 2.17. The van der Waals surface area contributed by atoms with Crippen LogP contribution in [-0.4, -0.2) is 24.0 Å². The molecular formula is C15H21N3O2. The fraction of sp³-hybridized carbons (Fsp3) is 0.467. The molecule has 0 aromatic heterocycles. The second-order valence-corrected chi connectivity index (χ2v) is 5.39. The lowest BCUT2D eigenvalue weighted by Crippen LogP contribution is -2.36. The largest absolute Gasteiger partial charge is 0.336 e. The van der Waals surface area contributed by atoms with Crippen LogP contribution in [0, 0.1) is 0 Å². The van der Waals surface area contributed by atoms with Gasteiger partial charge >= 0.3 is 6.03 Å². The van der Waals surface area contributed by atoms with Crippen LogP contribution in [0.15, 0.2) is 24.3 Å². The van der Waals surface area contributed by atoms with E-state index in [2.05, 4.69) is 10.6 Å². The molecule has 0 atom stereocenters. The monoisotopic (exact) mass is 275 g/mol. The van der Waals surface area contributed by atoms with E-state index in [1.807, 2.05) is 38.1 Å². The summed E-state index contributed by atoms with van der Waals surface area (Å²) in [7, 11) is 0. The van der Waals surface area contributed by atoms with Gasteiger partial charge in [0, 0.05) is 19.0 Å². The third kappa shape index (κ3) is 3.50. The Kier molecular flexibility index (Phi) is 4.27. The van der Waals surface area contributed by atoms with Crippen molar-refractivity contribution in [2.75, 3.05) is 10.2 Å². The topological polar surface area (TPSA) is 61.4 Å². The van der Waals surface area contributed by atoms with Gasteiger partial charge in [-0.3, -0.25) is 4.79 Å². The van der Waals surface area contributed by atoms with Crippen molar-refractivity contribution in [1.82, 2.24) is 5.32 Å². The van der Waals surface area contributed by atoms with E-state index in [9.17, 15) is 9.59 Å². The minimum Gasteiger partial charge on any atom is -0.336 e. The highest BCUT2D eigenvalue weighted by Crippen LogP contribution is 2.35. The highest BCUT2D eigenvalue weighted by Gasteiger charge is 2.33. The summed E-state index contributed by atoms with van der Waals surface area (Å²) in [5.41, 5.74) is 1.43. The Labute approximate surface area is 119 Å². The van der Waals surface area contributed by atoms with E-state index in [1.54, 1.807) is 11.8 Å². The zero-order valence-electron chi connectivity index (χ0n) is 12.1. The molecule has 0 heterocycles. The zero-order valence-corrected chi connectivity index (χ0v) is 12.1. The number of para-hydroxylation sites is 2. The summed E-state index contributed by atoms with van der Waals surface area (Å²) in [4.78, 5) is 25.4. The molecule has 0 unspecified atom stereocenters. The van der Waals surface area contributed by atoms with Gasteiger partial charge in [0.2, 0.25) is 5.91 Å². The van der Waals surface area contributed by atoms with Gasteiger partial charge < -0.3 is 15.5 Å². The maximum Gasteiger partial charge on any atom is 0.319 e. The summed E-state index contributed by atoms with van der Waals surface area (Å²) >= 11 is 0. The number of nitrogens with zero attached hydrogens (tertiary/aromatic N) is 1. The molecule has 5 heteroatoms. The molecule has 3 amide bonds. The minimum atomic E-state index is -0.258. The summed E-state index contributed by atoms with van der Waals surface area (Å²) in [5.74, 6) is 0.00557.